The second kappa shape index (κ2) is 4.56. The third-order valence-corrected chi connectivity index (χ3v) is 3.06. The van der Waals surface area contributed by atoms with E-state index < -0.39 is 17.5 Å². The molecule has 0 saturated carbocycles. The molecule has 6 nitrogen and oxygen atoms in total. The Balaban J connectivity index is 2.51. The Kier molecular flexibility index (Phi) is 3.17. The Morgan fingerprint density at radius 2 is 1.90 bits per heavy atom. The molecule has 0 amide bonds. The molecule has 0 unspecified atom stereocenters. The highest BCUT2D eigenvalue weighted by Crippen LogP contribution is 2.28. The number of fused-ring (bicyclic) bond motifs is 1. The van der Waals surface area contributed by atoms with E-state index in [9.17, 15) is 14.7 Å². The van der Waals surface area contributed by atoms with Crippen molar-refractivity contribution in [1.82, 2.24) is 4.98 Å². The highest BCUT2D eigenvalue weighted by molar-refractivity contribution is 6.05. The minimum Gasteiger partial charge on any atom is -0.478 e. The fraction of sp³-hybridized carbons (Fsp3) is 0.286. The summed E-state index contributed by atoms with van der Waals surface area (Å²) in [6.07, 6.45) is 0. The smallest absolute Gasteiger partial charge is 0.347 e. The second-order valence-corrected chi connectivity index (χ2v) is 5.06. The number of hydrogen-bond donors (Lipinski definition) is 3. The quantitative estimate of drug-likeness (QED) is 0.797. The SMILES string of the molecule is Cc1[nH]c2ccc(OC(C)(C)C(=O)O)cc2c1C(=O)O. The molecule has 1 heterocycles. The van der Waals surface area contributed by atoms with E-state index in [1.54, 1.807) is 19.1 Å². The van der Waals surface area contributed by atoms with Crippen molar-refractivity contribution in [3.05, 3.63) is 29.5 Å². The number of ether oxygens (including phenoxy) is 1. The molecule has 0 spiro atoms. The number of hydrogen-bond acceptors (Lipinski definition) is 3. The van der Waals surface area contributed by atoms with Crippen LogP contribution in [0.25, 0.3) is 10.9 Å². The molecule has 0 aliphatic carbocycles. The molecule has 20 heavy (non-hydrogen) atoms. The number of aryl methyl sites for hydroxylation is 1. The van der Waals surface area contributed by atoms with Crippen LogP contribution in [0.15, 0.2) is 18.2 Å². The van der Waals surface area contributed by atoms with E-state index in [1.165, 1.54) is 19.9 Å². The van der Waals surface area contributed by atoms with Crippen LogP contribution in [0.5, 0.6) is 5.75 Å². The van der Waals surface area contributed by atoms with Gasteiger partial charge in [-0.2, -0.15) is 0 Å². The number of nitrogens with one attached hydrogen (secondary N) is 1. The predicted molar refractivity (Wildman–Crippen MR) is 72.3 cm³/mol. The summed E-state index contributed by atoms with van der Waals surface area (Å²) in [6, 6.07) is 4.81. The van der Waals surface area contributed by atoms with Gasteiger partial charge in [-0.15, -0.1) is 0 Å². The fourth-order valence-electron chi connectivity index (χ4n) is 1.98. The topological polar surface area (TPSA) is 99.6 Å². The number of carboxylic acids is 2. The monoisotopic (exact) mass is 277 g/mol. The molecule has 2 aromatic rings. The summed E-state index contributed by atoms with van der Waals surface area (Å²) in [4.78, 5) is 25.3. The van der Waals surface area contributed by atoms with Crippen LogP contribution in [-0.2, 0) is 4.79 Å². The van der Waals surface area contributed by atoms with E-state index >= 15 is 0 Å². The van der Waals surface area contributed by atoms with Gasteiger partial charge in [0.25, 0.3) is 0 Å². The van der Waals surface area contributed by atoms with Gasteiger partial charge in [0.05, 0.1) is 5.56 Å². The highest BCUT2D eigenvalue weighted by Gasteiger charge is 2.29. The number of aromatic carboxylic acids is 1. The molecule has 0 aliphatic rings. The number of carboxylic acid groups (broad SMARTS) is 2. The number of carbonyl (C=O) groups is 2. The van der Waals surface area contributed by atoms with Crippen molar-refractivity contribution in [2.45, 2.75) is 26.4 Å². The number of benzene rings is 1. The summed E-state index contributed by atoms with van der Waals surface area (Å²) in [7, 11) is 0. The van der Waals surface area contributed by atoms with E-state index in [2.05, 4.69) is 4.98 Å². The van der Waals surface area contributed by atoms with Crippen molar-refractivity contribution in [1.29, 1.82) is 0 Å². The third-order valence-electron chi connectivity index (χ3n) is 3.06. The lowest BCUT2D eigenvalue weighted by molar-refractivity contribution is -0.152. The Morgan fingerprint density at radius 1 is 1.25 bits per heavy atom. The van der Waals surface area contributed by atoms with Gasteiger partial charge in [-0.3, -0.25) is 0 Å². The Bertz CT molecular complexity index is 699. The molecule has 3 N–H and O–H groups in total. The number of aromatic nitrogens is 1. The normalized spacial score (nSPS) is 11.6. The first-order valence-corrected chi connectivity index (χ1v) is 6.00. The van der Waals surface area contributed by atoms with Crippen molar-refractivity contribution in [3.63, 3.8) is 0 Å². The number of aromatic amines is 1. The van der Waals surface area contributed by atoms with Crippen molar-refractivity contribution in [2.24, 2.45) is 0 Å². The van der Waals surface area contributed by atoms with Crippen molar-refractivity contribution in [2.75, 3.05) is 0 Å². The van der Waals surface area contributed by atoms with Crippen LogP contribution in [0.3, 0.4) is 0 Å². The maximum atomic E-state index is 11.2. The molecule has 0 atom stereocenters. The van der Waals surface area contributed by atoms with Crippen LogP contribution in [0.1, 0.15) is 29.9 Å². The summed E-state index contributed by atoms with van der Waals surface area (Å²) in [5.41, 5.74) is -0.0105. The van der Waals surface area contributed by atoms with E-state index in [-0.39, 0.29) is 5.56 Å². The van der Waals surface area contributed by atoms with Gasteiger partial charge in [-0.25, -0.2) is 9.59 Å². The van der Waals surface area contributed by atoms with Crippen LogP contribution in [0.4, 0.5) is 0 Å². The molecule has 106 valence electrons. The fourth-order valence-corrected chi connectivity index (χ4v) is 1.98. The number of aliphatic carboxylic acids is 1. The molecule has 0 fully saturated rings. The molecule has 0 bridgehead atoms. The van der Waals surface area contributed by atoms with Crippen LogP contribution in [-0.4, -0.2) is 32.7 Å². The van der Waals surface area contributed by atoms with Crippen LogP contribution >= 0.6 is 0 Å². The minimum atomic E-state index is -1.39. The lowest BCUT2D eigenvalue weighted by Gasteiger charge is -2.21. The average Bonchev–Trinajstić information content (AvgIpc) is 2.63. The van der Waals surface area contributed by atoms with Gasteiger partial charge in [0.15, 0.2) is 5.60 Å². The third kappa shape index (κ3) is 2.32. The number of H-pyrrole nitrogens is 1. The maximum absolute atomic E-state index is 11.2. The highest BCUT2D eigenvalue weighted by atomic mass is 16.5. The molecule has 6 heteroatoms. The lowest BCUT2D eigenvalue weighted by Crippen LogP contribution is -2.37. The van der Waals surface area contributed by atoms with E-state index in [4.69, 9.17) is 9.84 Å². The van der Waals surface area contributed by atoms with Crippen molar-refractivity contribution < 1.29 is 24.5 Å². The van der Waals surface area contributed by atoms with Crippen molar-refractivity contribution >= 4 is 22.8 Å². The molecule has 0 radical (unpaired) electrons. The summed E-state index contributed by atoms with van der Waals surface area (Å²) >= 11 is 0. The van der Waals surface area contributed by atoms with E-state index in [0.717, 1.165) is 0 Å². The summed E-state index contributed by atoms with van der Waals surface area (Å²) in [6.45, 7) is 4.53. The molecule has 2 rings (SSSR count). The first-order valence-electron chi connectivity index (χ1n) is 6.00. The molecular formula is C14H15NO5. The second-order valence-electron chi connectivity index (χ2n) is 5.06. The zero-order valence-corrected chi connectivity index (χ0v) is 11.4. The van der Waals surface area contributed by atoms with Gasteiger partial charge in [0.2, 0.25) is 0 Å². The van der Waals surface area contributed by atoms with Gasteiger partial charge in [-0.05, 0) is 39.0 Å². The molecule has 0 saturated heterocycles. The lowest BCUT2D eigenvalue weighted by atomic mass is 10.1. The van der Waals surface area contributed by atoms with E-state index in [0.29, 0.717) is 22.3 Å². The Morgan fingerprint density at radius 3 is 2.45 bits per heavy atom. The van der Waals surface area contributed by atoms with Crippen LogP contribution in [0, 0.1) is 6.92 Å². The first-order chi connectivity index (χ1) is 9.22. The van der Waals surface area contributed by atoms with E-state index in [1.807, 2.05) is 0 Å². The zero-order valence-electron chi connectivity index (χ0n) is 11.4. The molecular weight excluding hydrogens is 262 g/mol. The summed E-state index contributed by atoms with van der Waals surface area (Å²) < 4.78 is 5.41. The Labute approximate surface area is 115 Å². The molecule has 0 aliphatic heterocycles. The first kappa shape index (κ1) is 13.9. The Hall–Kier alpha value is -2.50. The summed E-state index contributed by atoms with van der Waals surface area (Å²) in [5.74, 6) is -1.82. The average molecular weight is 277 g/mol. The van der Waals surface area contributed by atoms with Crippen molar-refractivity contribution in [3.8, 4) is 5.75 Å². The van der Waals surface area contributed by atoms with Crippen LogP contribution < -0.4 is 4.74 Å². The summed E-state index contributed by atoms with van der Waals surface area (Å²) in [5, 5.41) is 18.7. The van der Waals surface area contributed by atoms with Gasteiger partial charge in [0, 0.05) is 16.6 Å². The minimum absolute atomic E-state index is 0.165. The largest absolute Gasteiger partial charge is 0.478 e. The molecule has 1 aromatic heterocycles. The van der Waals surface area contributed by atoms with Gasteiger partial charge >= 0.3 is 11.9 Å². The number of rotatable bonds is 4. The molecule has 1 aromatic carbocycles. The van der Waals surface area contributed by atoms with Gasteiger partial charge < -0.3 is 19.9 Å². The van der Waals surface area contributed by atoms with Gasteiger partial charge in [-0.1, -0.05) is 0 Å². The maximum Gasteiger partial charge on any atom is 0.347 e. The van der Waals surface area contributed by atoms with Gasteiger partial charge in [0.1, 0.15) is 5.75 Å². The van der Waals surface area contributed by atoms with Crippen LogP contribution in [0.2, 0.25) is 0 Å². The standard InChI is InChI=1S/C14H15NO5/c1-7-11(12(16)17)9-6-8(4-5-10(9)15-7)20-14(2,3)13(18)19/h4-6,15H,1-3H3,(H,16,17)(H,18,19). The predicted octanol–water partition coefficient (Wildman–Crippen LogP) is 2.42. The zero-order chi connectivity index (χ0) is 15.1.